The Kier molecular flexibility index (Phi) is 8.77. The van der Waals surface area contributed by atoms with Crippen molar-refractivity contribution in [2.75, 3.05) is 19.5 Å². The Labute approximate surface area is 204 Å². The number of benzene rings is 2. The van der Waals surface area contributed by atoms with Crippen molar-refractivity contribution in [2.24, 2.45) is 0 Å². The molecular weight excluding hydrogens is 582 g/mol. The summed E-state index contributed by atoms with van der Waals surface area (Å²) in [4.78, 5) is 23.6. The van der Waals surface area contributed by atoms with Gasteiger partial charge in [-0.2, -0.15) is 13.2 Å². The molecule has 0 saturated carbocycles. The summed E-state index contributed by atoms with van der Waals surface area (Å²) in [7, 11) is 1.82. The lowest BCUT2D eigenvalue weighted by Crippen LogP contribution is -2.18. The molecule has 0 saturated heterocycles. The quantitative estimate of drug-likeness (QED) is 0.237. The van der Waals surface area contributed by atoms with Gasteiger partial charge >= 0.3 is 24.5 Å². The van der Waals surface area contributed by atoms with Crippen LogP contribution in [0.4, 0.5) is 40.8 Å². The standard InChI is InChI=1S/C20H12BrF8NO6/c1-33-15(31)7-14(18(32)34-2)30-13-6-9(36-20(27,28)29)5-10(21)16(13)35-17-11(22)3-8(4-12(17)23)19(24,25)26/h3-7,30H,1-2H3/b14-7+. The second-order valence-electron chi connectivity index (χ2n) is 6.40. The summed E-state index contributed by atoms with van der Waals surface area (Å²) in [5.41, 5.74) is -3.08. The van der Waals surface area contributed by atoms with Crippen LogP contribution in [0.1, 0.15) is 5.56 Å². The smallest absolute Gasteiger partial charge is 0.466 e. The van der Waals surface area contributed by atoms with Crippen LogP contribution < -0.4 is 14.8 Å². The van der Waals surface area contributed by atoms with Gasteiger partial charge in [-0.15, -0.1) is 13.2 Å². The lowest BCUT2D eigenvalue weighted by atomic mass is 10.2. The summed E-state index contributed by atoms with van der Waals surface area (Å²) in [5, 5.41) is 2.18. The third-order valence-corrected chi connectivity index (χ3v) is 4.51. The molecule has 7 nitrogen and oxygen atoms in total. The van der Waals surface area contributed by atoms with Gasteiger partial charge in [0, 0.05) is 6.07 Å². The fourth-order valence-electron chi connectivity index (χ4n) is 2.46. The van der Waals surface area contributed by atoms with Gasteiger partial charge in [0.2, 0.25) is 0 Å². The number of hydrogen-bond donors (Lipinski definition) is 1. The summed E-state index contributed by atoms with van der Waals surface area (Å²) in [5.74, 6) is -9.00. The van der Waals surface area contributed by atoms with Crippen LogP contribution in [0.3, 0.4) is 0 Å². The zero-order valence-corrected chi connectivity index (χ0v) is 19.3. The van der Waals surface area contributed by atoms with Crippen LogP contribution in [-0.2, 0) is 25.2 Å². The highest BCUT2D eigenvalue weighted by Crippen LogP contribution is 2.44. The number of hydrogen-bond acceptors (Lipinski definition) is 7. The summed E-state index contributed by atoms with van der Waals surface area (Å²) >= 11 is 2.80. The Morgan fingerprint density at radius 3 is 1.97 bits per heavy atom. The Morgan fingerprint density at radius 1 is 0.917 bits per heavy atom. The third-order valence-electron chi connectivity index (χ3n) is 3.92. The van der Waals surface area contributed by atoms with E-state index in [1.165, 1.54) is 0 Å². The normalized spacial score (nSPS) is 12.1. The van der Waals surface area contributed by atoms with Gasteiger partial charge in [0.05, 0.1) is 36.0 Å². The Morgan fingerprint density at radius 2 is 1.50 bits per heavy atom. The maximum atomic E-state index is 14.3. The monoisotopic (exact) mass is 593 g/mol. The van der Waals surface area contributed by atoms with E-state index in [-0.39, 0.29) is 12.1 Å². The molecule has 0 unspecified atom stereocenters. The minimum Gasteiger partial charge on any atom is -0.466 e. The number of rotatable bonds is 7. The molecule has 0 aliphatic carbocycles. The molecule has 0 atom stereocenters. The maximum Gasteiger partial charge on any atom is 0.573 e. The SMILES string of the molecule is COC(=O)/C=C(/Nc1cc(OC(F)(F)F)cc(Br)c1Oc1c(F)cc(C(F)(F)F)cc1F)C(=O)OC. The van der Waals surface area contributed by atoms with Gasteiger partial charge in [0.1, 0.15) is 11.4 Å². The topological polar surface area (TPSA) is 83.1 Å². The van der Waals surface area contributed by atoms with Crippen molar-refractivity contribution in [2.45, 2.75) is 12.5 Å². The van der Waals surface area contributed by atoms with Crippen molar-refractivity contribution in [3.63, 3.8) is 0 Å². The maximum absolute atomic E-state index is 14.3. The first-order chi connectivity index (χ1) is 16.6. The molecule has 0 radical (unpaired) electrons. The molecular formula is C20H12BrF8NO6. The molecule has 0 fully saturated rings. The van der Waals surface area contributed by atoms with E-state index in [0.717, 1.165) is 14.2 Å². The molecule has 0 heterocycles. The highest BCUT2D eigenvalue weighted by atomic mass is 79.9. The average molecular weight is 594 g/mol. The molecule has 0 aromatic heterocycles. The molecule has 2 rings (SSSR count). The summed E-state index contributed by atoms with van der Waals surface area (Å²) < 4.78 is 122. The number of nitrogens with one attached hydrogen (secondary N) is 1. The largest absolute Gasteiger partial charge is 0.573 e. The van der Waals surface area contributed by atoms with Gasteiger partial charge in [-0.05, 0) is 34.1 Å². The van der Waals surface area contributed by atoms with Crippen molar-refractivity contribution in [3.8, 4) is 17.2 Å². The van der Waals surface area contributed by atoms with Crippen molar-refractivity contribution in [1.82, 2.24) is 0 Å². The molecule has 0 amide bonds. The number of ether oxygens (including phenoxy) is 4. The molecule has 0 bridgehead atoms. The van der Waals surface area contributed by atoms with Crippen molar-refractivity contribution in [3.05, 3.63) is 57.7 Å². The number of halogens is 9. The predicted octanol–water partition coefficient (Wildman–Crippen LogP) is 6.08. The van der Waals surface area contributed by atoms with Crippen LogP contribution in [0.25, 0.3) is 0 Å². The van der Waals surface area contributed by atoms with E-state index in [4.69, 9.17) is 4.74 Å². The molecule has 16 heteroatoms. The molecule has 0 aliphatic heterocycles. The Bertz CT molecular complexity index is 1170. The predicted molar refractivity (Wildman–Crippen MR) is 108 cm³/mol. The second-order valence-corrected chi connectivity index (χ2v) is 7.25. The summed E-state index contributed by atoms with van der Waals surface area (Å²) in [6, 6.07) is 1.06. The van der Waals surface area contributed by atoms with Crippen molar-refractivity contribution in [1.29, 1.82) is 0 Å². The molecule has 1 N–H and O–H groups in total. The number of methoxy groups -OCH3 is 2. The molecule has 0 aliphatic rings. The minimum absolute atomic E-state index is 0.0718. The first-order valence-corrected chi connectivity index (χ1v) is 9.83. The third kappa shape index (κ3) is 7.47. The highest BCUT2D eigenvalue weighted by molar-refractivity contribution is 9.10. The van der Waals surface area contributed by atoms with Crippen LogP contribution in [0.5, 0.6) is 17.2 Å². The van der Waals surface area contributed by atoms with Gasteiger partial charge in [0.25, 0.3) is 0 Å². The summed E-state index contributed by atoms with van der Waals surface area (Å²) in [6.07, 6.45) is -9.77. The average Bonchev–Trinajstić information content (AvgIpc) is 2.74. The summed E-state index contributed by atoms with van der Waals surface area (Å²) in [6.45, 7) is 0. The lowest BCUT2D eigenvalue weighted by molar-refractivity contribution is -0.274. The van der Waals surface area contributed by atoms with Gasteiger partial charge in [-0.3, -0.25) is 0 Å². The number of carbonyl (C=O) groups excluding carboxylic acids is 2. The van der Waals surface area contributed by atoms with Gasteiger partial charge in [0.15, 0.2) is 23.1 Å². The van der Waals surface area contributed by atoms with Gasteiger partial charge in [-0.1, -0.05) is 0 Å². The van der Waals surface area contributed by atoms with Crippen LogP contribution in [-0.4, -0.2) is 32.5 Å². The zero-order valence-electron chi connectivity index (χ0n) is 17.7. The van der Waals surface area contributed by atoms with Crippen molar-refractivity contribution < 1.29 is 63.7 Å². The molecule has 2 aromatic carbocycles. The first kappa shape index (κ1) is 28.7. The number of alkyl halides is 6. The van der Waals surface area contributed by atoms with Gasteiger partial charge < -0.3 is 24.3 Å². The van der Waals surface area contributed by atoms with Crippen molar-refractivity contribution >= 4 is 33.6 Å². The van der Waals surface area contributed by atoms with Crippen LogP contribution in [0, 0.1) is 11.6 Å². The fourth-order valence-corrected chi connectivity index (χ4v) is 2.98. The molecule has 196 valence electrons. The molecule has 36 heavy (non-hydrogen) atoms. The number of carbonyl (C=O) groups is 2. The Balaban J connectivity index is 2.67. The van der Waals surface area contributed by atoms with E-state index in [2.05, 4.69) is 35.5 Å². The van der Waals surface area contributed by atoms with E-state index < -0.39 is 74.8 Å². The number of esters is 2. The second kappa shape index (κ2) is 11.0. The molecule has 0 spiro atoms. The molecule has 2 aromatic rings. The number of anilines is 1. The minimum atomic E-state index is -5.20. The van der Waals surface area contributed by atoms with Crippen LogP contribution in [0.2, 0.25) is 0 Å². The van der Waals surface area contributed by atoms with E-state index in [9.17, 15) is 44.7 Å². The fraction of sp³-hybridized carbons (Fsp3) is 0.200. The van der Waals surface area contributed by atoms with E-state index in [0.29, 0.717) is 18.2 Å². The lowest BCUT2D eigenvalue weighted by Gasteiger charge is -2.19. The zero-order chi connectivity index (χ0) is 27.4. The Hall–Kier alpha value is -3.56. The highest BCUT2D eigenvalue weighted by Gasteiger charge is 2.34. The van der Waals surface area contributed by atoms with Crippen LogP contribution >= 0.6 is 15.9 Å². The van der Waals surface area contributed by atoms with Gasteiger partial charge in [-0.25, -0.2) is 18.4 Å². The van der Waals surface area contributed by atoms with Crippen LogP contribution in [0.15, 0.2) is 40.5 Å². The van der Waals surface area contributed by atoms with E-state index in [1.807, 2.05) is 0 Å². The van der Waals surface area contributed by atoms with E-state index >= 15 is 0 Å². The first-order valence-electron chi connectivity index (χ1n) is 9.04. The van der Waals surface area contributed by atoms with E-state index in [1.54, 1.807) is 0 Å².